The number of alkyl halides is 3. The molecule has 37 heavy (non-hydrogen) atoms. The van der Waals surface area contributed by atoms with E-state index in [2.05, 4.69) is 0 Å². The molecule has 0 bridgehead atoms. The largest absolute Gasteiger partial charge is 0.416 e. The summed E-state index contributed by atoms with van der Waals surface area (Å²) in [4.78, 5) is 55.6. The first-order valence-electron chi connectivity index (χ1n) is 11.2. The first-order valence-corrected chi connectivity index (χ1v) is 11.6. The molecule has 6 nitrogen and oxygen atoms in total. The van der Waals surface area contributed by atoms with Gasteiger partial charge in [0.05, 0.1) is 34.2 Å². The van der Waals surface area contributed by atoms with Gasteiger partial charge in [-0.25, -0.2) is 4.90 Å². The van der Waals surface area contributed by atoms with Crippen LogP contribution in [0.2, 0.25) is 5.02 Å². The first-order chi connectivity index (χ1) is 17.6. The molecule has 0 radical (unpaired) electrons. The van der Waals surface area contributed by atoms with Gasteiger partial charge in [0, 0.05) is 11.1 Å². The molecule has 10 heteroatoms. The Labute approximate surface area is 212 Å². The minimum atomic E-state index is -4.77. The van der Waals surface area contributed by atoms with Crippen LogP contribution in [0.25, 0.3) is 0 Å². The van der Waals surface area contributed by atoms with Crippen molar-refractivity contribution in [3.05, 3.63) is 100 Å². The van der Waals surface area contributed by atoms with Crippen molar-refractivity contribution in [1.29, 1.82) is 0 Å². The second-order valence-electron chi connectivity index (χ2n) is 9.07. The number of carbonyl (C=O) groups is 4. The van der Waals surface area contributed by atoms with Gasteiger partial charge in [0.1, 0.15) is 0 Å². The van der Waals surface area contributed by atoms with Gasteiger partial charge < -0.3 is 4.74 Å². The fourth-order valence-corrected chi connectivity index (χ4v) is 5.76. The number of carbonyl (C=O) groups excluding carboxylic acids is 4. The highest BCUT2D eigenvalue weighted by atomic mass is 35.5. The lowest BCUT2D eigenvalue weighted by Crippen LogP contribution is -2.51. The number of halogens is 4. The van der Waals surface area contributed by atoms with E-state index < -0.39 is 64.3 Å². The summed E-state index contributed by atoms with van der Waals surface area (Å²) in [5, 5.41) is -0.270. The molecular weight excluding hydrogens is 511 g/mol. The summed E-state index contributed by atoms with van der Waals surface area (Å²) in [6.45, 7) is 0. The predicted molar refractivity (Wildman–Crippen MR) is 124 cm³/mol. The van der Waals surface area contributed by atoms with Crippen LogP contribution in [0.3, 0.4) is 0 Å². The van der Waals surface area contributed by atoms with E-state index in [1.165, 1.54) is 12.1 Å². The molecule has 1 aliphatic carbocycles. The number of rotatable bonds is 2. The lowest BCUT2D eigenvalue weighted by molar-refractivity contribution is -0.137. The Morgan fingerprint density at radius 1 is 0.811 bits per heavy atom. The maximum absolute atomic E-state index is 13.9. The molecule has 0 unspecified atom stereocenters. The number of amides is 2. The van der Waals surface area contributed by atoms with E-state index in [-0.39, 0.29) is 16.1 Å². The van der Waals surface area contributed by atoms with E-state index in [9.17, 15) is 32.3 Å². The van der Waals surface area contributed by atoms with Crippen LogP contribution in [-0.2, 0) is 20.5 Å². The van der Waals surface area contributed by atoms with Crippen molar-refractivity contribution in [2.75, 3.05) is 4.90 Å². The number of ketones is 2. The molecular formula is C27H15ClF3NO5. The number of benzene rings is 3. The van der Waals surface area contributed by atoms with E-state index in [0.29, 0.717) is 16.5 Å². The van der Waals surface area contributed by atoms with E-state index in [1.807, 2.05) is 0 Å². The van der Waals surface area contributed by atoms with Gasteiger partial charge in [0.25, 0.3) is 0 Å². The fraction of sp³-hybridized carbons (Fsp3) is 0.185. The van der Waals surface area contributed by atoms with Crippen molar-refractivity contribution in [2.24, 2.45) is 11.8 Å². The fourth-order valence-electron chi connectivity index (χ4n) is 5.56. The minimum absolute atomic E-state index is 0.0516. The Morgan fingerprint density at radius 3 is 2.00 bits per heavy atom. The standard InChI is InChI=1S/C27H15ClF3NO5/c28-17-11-10-14(27(29,30)31)12-18(17)32-24(35)19-20(25(32)36)26(37-21(19)13-6-2-1-3-7-13)22(33)15-8-4-5-9-16(15)23(26)34/h1-12,19-21H/t19-,20+,21+/m1/s1. The quantitative estimate of drug-likeness (QED) is 0.345. The highest BCUT2D eigenvalue weighted by Crippen LogP contribution is 2.58. The molecule has 0 saturated carbocycles. The van der Waals surface area contributed by atoms with E-state index in [0.717, 1.165) is 12.1 Å². The van der Waals surface area contributed by atoms with Crippen LogP contribution in [0.5, 0.6) is 0 Å². The SMILES string of the molecule is O=C1[C@@H]2[C@@H](C(=O)N1c1cc(C(F)(F)F)ccc1Cl)C1(O[C@H]2c2ccccc2)C(=O)c2ccccc2C1=O. The van der Waals surface area contributed by atoms with Gasteiger partial charge in [-0.05, 0) is 23.8 Å². The summed E-state index contributed by atoms with van der Waals surface area (Å²) in [5.41, 5.74) is -3.38. The highest BCUT2D eigenvalue weighted by molar-refractivity contribution is 6.39. The molecule has 3 aliphatic rings. The number of anilines is 1. The highest BCUT2D eigenvalue weighted by Gasteiger charge is 2.74. The Balaban J connectivity index is 1.55. The van der Waals surface area contributed by atoms with Crippen LogP contribution in [0.15, 0.2) is 72.8 Å². The average Bonchev–Trinajstić information content (AvgIpc) is 3.44. The number of nitrogens with zero attached hydrogens (tertiary/aromatic N) is 1. The molecule has 3 atom stereocenters. The Kier molecular flexibility index (Phi) is 4.99. The summed E-state index contributed by atoms with van der Waals surface area (Å²) < 4.78 is 46.5. The normalized spacial score (nSPS) is 24.2. The summed E-state index contributed by atoms with van der Waals surface area (Å²) >= 11 is 6.17. The van der Waals surface area contributed by atoms with Crippen molar-refractivity contribution in [3.8, 4) is 0 Å². The number of hydrogen-bond acceptors (Lipinski definition) is 5. The van der Waals surface area contributed by atoms with Crippen molar-refractivity contribution >= 4 is 40.7 Å². The topological polar surface area (TPSA) is 80.8 Å². The second-order valence-corrected chi connectivity index (χ2v) is 9.48. The Morgan fingerprint density at radius 2 is 1.41 bits per heavy atom. The summed E-state index contributed by atoms with van der Waals surface area (Å²) in [6.07, 6.45) is -5.95. The molecule has 0 aromatic heterocycles. The maximum atomic E-state index is 13.9. The number of ether oxygens (including phenoxy) is 1. The molecule has 6 rings (SSSR count). The van der Waals surface area contributed by atoms with Gasteiger partial charge in [-0.1, -0.05) is 66.2 Å². The molecule has 2 aliphatic heterocycles. The Bertz CT molecular complexity index is 1480. The molecule has 2 amide bonds. The van der Waals surface area contributed by atoms with Crippen LogP contribution in [0.4, 0.5) is 18.9 Å². The molecule has 2 fully saturated rings. The lowest BCUT2D eigenvalue weighted by Gasteiger charge is -2.27. The van der Waals surface area contributed by atoms with Gasteiger partial charge in [0.15, 0.2) is 0 Å². The van der Waals surface area contributed by atoms with Crippen molar-refractivity contribution in [1.82, 2.24) is 0 Å². The van der Waals surface area contributed by atoms with Gasteiger partial charge in [-0.2, -0.15) is 13.2 Å². The van der Waals surface area contributed by atoms with Gasteiger partial charge in [0.2, 0.25) is 29.0 Å². The maximum Gasteiger partial charge on any atom is 0.416 e. The lowest BCUT2D eigenvalue weighted by atomic mass is 9.77. The zero-order valence-corrected chi connectivity index (χ0v) is 19.4. The van der Waals surface area contributed by atoms with Crippen LogP contribution in [0.1, 0.15) is 37.9 Å². The van der Waals surface area contributed by atoms with Crippen LogP contribution in [0, 0.1) is 11.8 Å². The van der Waals surface area contributed by atoms with Crippen LogP contribution in [-0.4, -0.2) is 29.0 Å². The summed E-state index contributed by atoms with van der Waals surface area (Å²) in [7, 11) is 0. The van der Waals surface area contributed by atoms with Crippen molar-refractivity contribution in [2.45, 2.75) is 17.9 Å². The monoisotopic (exact) mass is 525 g/mol. The third-order valence-corrected chi connectivity index (χ3v) is 7.48. The van der Waals surface area contributed by atoms with E-state index in [1.54, 1.807) is 42.5 Å². The second kappa shape index (κ2) is 7.84. The van der Waals surface area contributed by atoms with Crippen LogP contribution < -0.4 is 4.90 Å². The smallest absolute Gasteiger partial charge is 0.349 e. The predicted octanol–water partition coefficient (Wildman–Crippen LogP) is 5.05. The minimum Gasteiger partial charge on any atom is -0.349 e. The van der Waals surface area contributed by atoms with Gasteiger partial charge in [-0.15, -0.1) is 0 Å². The number of hydrogen-bond donors (Lipinski definition) is 0. The number of Topliss-reactive ketones (excluding diaryl/α,β-unsaturated/α-hetero) is 2. The summed E-state index contributed by atoms with van der Waals surface area (Å²) in [6, 6.07) is 16.5. The molecule has 1 spiro atoms. The average molecular weight is 526 g/mol. The van der Waals surface area contributed by atoms with Crippen molar-refractivity contribution in [3.63, 3.8) is 0 Å². The molecule has 2 saturated heterocycles. The van der Waals surface area contributed by atoms with Crippen molar-refractivity contribution < 1.29 is 37.1 Å². The molecule has 2 heterocycles. The molecule has 3 aromatic carbocycles. The summed E-state index contributed by atoms with van der Waals surface area (Å²) in [5.74, 6) is -6.40. The number of imide groups is 1. The Hall–Kier alpha value is -3.82. The third kappa shape index (κ3) is 3.10. The number of fused-ring (bicyclic) bond motifs is 3. The van der Waals surface area contributed by atoms with E-state index >= 15 is 0 Å². The zero-order valence-electron chi connectivity index (χ0n) is 18.7. The van der Waals surface area contributed by atoms with Gasteiger partial charge >= 0.3 is 6.18 Å². The van der Waals surface area contributed by atoms with Crippen LogP contribution >= 0.6 is 11.6 Å². The third-order valence-electron chi connectivity index (χ3n) is 7.16. The molecule has 3 aromatic rings. The van der Waals surface area contributed by atoms with E-state index in [4.69, 9.17) is 16.3 Å². The first kappa shape index (κ1) is 23.6. The molecule has 186 valence electrons. The zero-order chi connectivity index (χ0) is 26.3. The molecule has 0 N–H and O–H groups in total. The van der Waals surface area contributed by atoms with Gasteiger partial charge in [-0.3, -0.25) is 19.2 Å².